The highest BCUT2D eigenvalue weighted by Gasteiger charge is 2.15. The van der Waals surface area contributed by atoms with E-state index in [0.29, 0.717) is 36.1 Å². The largest absolute Gasteiger partial charge is 0.469 e. The molecular weight excluding hydrogens is 292 g/mol. The molecule has 2 rings (SSSR count). The first-order valence-electron chi connectivity index (χ1n) is 6.50. The van der Waals surface area contributed by atoms with Gasteiger partial charge in [0, 0.05) is 26.6 Å². The number of furan rings is 1. The average Bonchev–Trinajstić information content (AvgIpc) is 3.09. The van der Waals surface area contributed by atoms with Crippen LogP contribution in [-0.4, -0.2) is 37.7 Å². The Morgan fingerprint density at radius 3 is 3.10 bits per heavy atom. The van der Waals surface area contributed by atoms with Gasteiger partial charge in [-0.1, -0.05) is 11.3 Å². The number of anilines is 2. The summed E-state index contributed by atoms with van der Waals surface area (Å²) in [4.78, 5) is 16.6. The number of rotatable bonds is 8. The van der Waals surface area contributed by atoms with E-state index in [1.165, 1.54) is 11.3 Å². The summed E-state index contributed by atoms with van der Waals surface area (Å²) in [5.41, 5.74) is 5.76. The number of amides is 1. The van der Waals surface area contributed by atoms with Gasteiger partial charge in [-0.25, -0.2) is 4.98 Å². The van der Waals surface area contributed by atoms with Crippen LogP contribution in [0.3, 0.4) is 0 Å². The van der Waals surface area contributed by atoms with Crippen LogP contribution in [-0.2, 0) is 11.2 Å². The molecule has 0 aliphatic rings. The minimum Gasteiger partial charge on any atom is -0.469 e. The molecule has 0 radical (unpaired) electrons. The number of thiazole rings is 1. The van der Waals surface area contributed by atoms with Gasteiger partial charge < -0.3 is 25.5 Å². The van der Waals surface area contributed by atoms with Crippen molar-refractivity contribution < 1.29 is 13.9 Å². The minimum absolute atomic E-state index is 0.226. The number of hydrogen-bond acceptors (Lipinski definition) is 7. The summed E-state index contributed by atoms with van der Waals surface area (Å²) in [6.45, 7) is 1.66. The van der Waals surface area contributed by atoms with Crippen molar-refractivity contribution in [2.24, 2.45) is 0 Å². The molecule has 21 heavy (non-hydrogen) atoms. The van der Waals surface area contributed by atoms with Crippen LogP contribution in [0.1, 0.15) is 15.4 Å². The molecule has 8 heteroatoms. The van der Waals surface area contributed by atoms with Crippen molar-refractivity contribution in [1.82, 2.24) is 10.3 Å². The van der Waals surface area contributed by atoms with E-state index in [2.05, 4.69) is 15.6 Å². The highest BCUT2D eigenvalue weighted by molar-refractivity contribution is 7.18. The Kier molecular flexibility index (Phi) is 5.59. The first-order valence-corrected chi connectivity index (χ1v) is 7.32. The first kappa shape index (κ1) is 15.3. The van der Waals surface area contributed by atoms with E-state index in [1.54, 1.807) is 13.4 Å². The van der Waals surface area contributed by atoms with Crippen molar-refractivity contribution in [3.05, 3.63) is 29.0 Å². The molecular formula is C13H18N4O3S. The van der Waals surface area contributed by atoms with Crippen LogP contribution in [0.25, 0.3) is 0 Å². The second kappa shape index (κ2) is 7.65. The van der Waals surface area contributed by atoms with Gasteiger partial charge in [0.05, 0.1) is 12.9 Å². The summed E-state index contributed by atoms with van der Waals surface area (Å²) >= 11 is 1.23. The Labute approximate surface area is 126 Å². The molecule has 0 bridgehead atoms. The Bertz CT molecular complexity index is 568. The fraction of sp³-hybridized carbons (Fsp3) is 0.385. The van der Waals surface area contributed by atoms with Gasteiger partial charge in [0.15, 0.2) is 5.13 Å². The van der Waals surface area contributed by atoms with Crippen LogP contribution in [0.4, 0.5) is 10.9 Å². The van der Waals surface area contributed by atoms with E-state index >= 15 is 0 Å². The van der Waals surface area contributed by atoms with Gasteiger partial charge in [0.1, 0.15) is 16.5 Å². The molecule has 0 saturated carbocycles. The lowest BCUT2D eigenvalue weighted by atomic mass is 10.3. The van der Waals surface area contributed by atoms with Crippen LogP contribution in [0.15, 0.2) is 22.8 Å². The lowest BCUT2D eigenvalue weighted by Crippen LogP contribution is -2.25. The zero-order chi connectivity index (χ0) is 15.1. The number of nitrogens with zero attached hydrogens (tertiary/aromatic N) is 1. The molecule has 2 heterocycles. The third kappa shape index (κ3) is 4.47. The maximum atomic E-state index is 12.0. The van der Waals surface area contributed by atoms with E-state index < -0.39 is 0 Å². The van der Waals surface area contributed by atoms with E-state index in [0.717, 1.165) is 5.76 Å². The van der Waals surface area contributed by atoms with E-state index in [-0.39, 0.29) is 11.7 Å². The third-order valence-corrected chi connectivity index (χ3v) is 3.71. The lowest BCUT2D eigenvalue weighted by molar-refractivity contribution is 0.0958. The summed E-state index contributed by atoms with van der Waals surface area (Å²) < 4.78 is 10.1. The molecule has 0 aromatic carbocycles. The monoisotopic (exact) mass is 310 g/mol. The number of hydrogen-bond donors (Lipinski definition) is 3. The fourth-order valence-corrected chi connectivity index (χ4v) is 2.49. The molecule has 0 aliphatic carbocycles. The lowest BCUT2D eigenvalue weighted by Gasteiger charge is -2.02. The molecule has 114 valence electrons. The zero-order valence-corrected chi connectivity index (χ0v) is 12.5. The van der Waals surface area contributed by atoms with Crippen molar-refractivity contribution in [2.75, 3.05) is 37.9 Å². The van der Waals surface area contributed by atoms with Gasteiger partial charge in [0.25, 0.3) is 5.91 Å². The van der Waals surface area contributed by atoms with E-state index in [9.17, 15) is 4.79 Å². The second-order valence-corrected chi connectivity index (χ2v) is 5.24. The fourth-order valence-electron chi connectivity index (χ4n) is 1.66. The van der Waals surface area contributed by atoms with Crippen LogP contribution >= 0.6 is 11.3 Å². The molecule has 2 aromatic rings. The maximum Gasteiger partial charge on any atom is 0.265 e. The molecule has 2 aromatic heterocycles. The smallest absolute Gasteiger partial charge is 0.265 e. The molecule has 7 nitrogen and oxygen atoms in total. The van der Waals surface area contributed by atoms with Crippen molar-refractivity contribution in [3.63, 3.8) is 0 Å². The first-order chi connectivity index (χ1) is 10.2. The van der Waals surface area contributed by atoms with Gasteiger partial charge in [-0.2, -0.15) is 0 Å². The van der Waals surface area contributed by atoms with Crippen molar-refractivity contribution in [1.29, 1.82) is 0 Å². The topological polar surface area (TPSA) is 102 Å². The number of nitrogen functional groups attached to an aromatic ring is 1. The summed E-state index contributed by atoms with van der Waals surface area (Å²) in [6.07, 6.45) is 2.24. The SMILES string of the molecule is COCCNc1nc(N)c(C(=O)NCCc2ccco2)s1. The number of carbonyl (C=O) groups is 1. The Morgan fingerprint density at radius 2 is 2.38 bits per heavy atom. The van der Waals surface area contributed by atoms with Crippen molar-refractivity contribution >= 4 is 28.2 Å². The standard InChI is InChI=1S/C13H18N4O3S/c1-19-8-6-16-13-17-11(14)10(21-13)12(18)15-5-4-9-3-2-7-20-9/h2-3,7H,4-6,8,14H2,1H3,(H,15,18)(H,16,17). The maximum absolute atomic E-state index is 12.0. The number of nitrogens with one attached hydrogen (secondary N) is 2. The number of methoxy groups -OCH3 is 1. The van der Waals surface area contributed by atoms with Crippen molar-refractivity contribution in [2.45, 2.75) is 6.42 Å². The second-order valence-electron chi connectivity index (χ2n) is 4.24. The highest BCUT2D eigenvalue weighted by atomic mass is 32.1. The van der Waals surface area contributed by atoms with E-state index in [4.69, 9.17) is 14.9 Å². The van der Waals surface area contributed by atoms with Crippen LogP contribution in [0.2, 0.25) is 0 Å². The van der Waals surface area contributed by atoms with Crippen LogP contribution in [0, 0.1) is 0 Å². The molecule has 0 spiro atoms. The Morgan fingerprint density at radius 1 is 1.52 bits per heavy atom. The number of aromatic nitrogens is 1. The molecule has 0 atom stereocenters. The zero-order valence-electron chi connectivity index (χ0n) is 11.7. The van der Waals surface area contributed by atoms with Crippen LogP contribution < -0.4 is 16.4 Å². The predicted molar refractivity (Wildman–Crippen MR) is 81.6 cm³/mol. The predicted octanol–water partition coefficient (Wildman–Crippen LogP) is 1.35. The molecule has 0 saturated heterocycles. The van der Waals surface area contributed by atoms with Crippen molar-refractivity contribution in [3.8, 4) is 0 Å². The summed E-state index contributed by atoms with van der Waals surface area (Å²) in [7, 11) is 1.62. The number of ether oxygens (including phenoxy) is 1. The normalized spacial score (nSPS) is 10.5. The molecule has 1 amide bonds. The summed E-state index contributed by atoms with van der Waals surface area (Å²) in [5, 5.41) is 6.46. The number of nitrogens with two attached hydrogens (primary N) is 1. The summed E-state index contributed by atoms with van der Waals surface area (Å²) in [6, 6.07) is 3.68. The Hall–Kier alpha value is -2.06. The van der Waals surface area contributed by atoms with Gasteiger partial charge in [-0.05, 0) is 12.1 Å². The quantitative estimate of drug-likeness (QED) is 0.636. The molecule has 0 fully saturated rings. The van der Waals surface area contributed by atoms with E-state index in [1.807, 2.05) is 12.1 Å². The minimum atomic E-state index is -0.226. The van der Waals surface area contributed by atoms with Gasteiger partial charge >= 0.3 is 0 Å². The third-order valence-electron chi connectivity index (χ3n) is 2.68. The Balaban J connectivity index is 1.83. The van der Waals surface area contributed by atoms with Gasteiger partial charge in [0.2, 0.25) is 0 Å². The summed E-state index contributed by atoms with van der Waals surface area (Å²) in [5.74, 6) is 0.835. The highest BCUT2D eigenvalue weighted by Crippen LogP contribution is 2.24. The average molecular weight is 310 g/mol. The van der Waals surface area contributed by atoms with Crippen LogP contribution in [0.5, 0.6) is 0 Å². The molecule has 0 unspecified atom stereocenters. The molecule has 4 N–H and O–H groups in total. The number of carbonyl (C=O) groups excluding carboxylic acids is 1. The van der Waals surface area contributed by atoms with Gasteiger partial charge in [-0.15, -0.1) is 0 Å². The molecule has 0 aliphatic heterocycles. The van der Waals surface area contributed by atoms with Gasteiger partial charge in [-0.3, -0.25) is 4.79 Å².